The molecule has 1 aromatic carbocycles. The molecule has 1 aliphatic carbocycles. The summed E-state index contributed by atoms with van der Waals surface area (Å²) in [5, 5.41) is 0. The Morgan fingerprint density at radius 1 is 0.944 bits per heavy atom. The third-order valence-electron chi connectivity index (χ3n) is 4.40. The van der Waals surface area contributed by atoms with E-state index in [0.717, 1.165) is 4.58 Å². The van der Waals surface area contributed by atoms with Crippen LogP contribution in [0.1, 0.15) is 44.1 Å². The van der Waals surface area contributed by atoms with Gasteiger partial charge in [0.05, 0.1) is 4.58 Å². The van der Waals surface area contributed by atoms with E-state index in [4.69, 9.17) is 0 Å². The van der Waals surface area contributed by atoms with Crippen molar-refractivity contribution < 1.29 is 0 Å². The molecular formula is C16H22S2. The average molecular weight is 278 g/mol. The van der Waals surface area contributed by atoms with E-state index in [0.29, 0.717) is 5.41 Å². The summed E-state index contributed by atoms with van der Waals surface area (Å²) in [5.41, 5.74) is 2.11. The number of rotatable bonds is 3. The van der Waals surface area contributed by atoms with Crippen molar-refractivity contribution in [2.24, 2.45) is 0 Å². The molecule has 0 aromatic heterocycles. The number of thioether (sulfide) groups is 2. The minimum atomic E-state index is 0.503. The second kappa shape index (κ2) is 5.92. The van der Waals surface area contributed by atoms with Crippen molar-refractivity contribution in [3.05, 3.63) is 35.9 Å². The highest BCUT2D eigenvalue weighted by molar-refractivity contribution is 8.17. The monoisotopic (exact) mass is 278 g/mol. The van der Waals surface area contributed by atoms with Gasteiger partial charge in [-0.05, 0) is 48.2 Å². The van der Waals surface area contributed by atoms with Crippen LogP contribution in [0.15, 0.2) is 30.3 Å². The van der Waals surface area contributed by atoms with Gasteiger partial charge in [-0.15, -0.1) is 23.5 Å². The summed E-state index contributed by atoms with van der Waals surface area (Å²) in [7, 11) is 0. The Hall–Kier alpha value is -0.0800. The van der Waals surface area contributed by atoms with E-state index in [9.17, 15) is 0 Å². The van der Waals surface area contributed by atoms with Crippen LogP contribution in [-0.2, 0) is 5.41 Å². The molecule has 0 N–H and O–H groups in total. The molecule has 0 nitrogen and oxygen atoms in total. The molecule has 98 valence electrons. The summed E-state index contributed by atoms with van der Waals surface area (Å²) in [5.74, 6) is 2.76. The Balaban J connectivity index is 1.78. The molecule has 0 amide bonds. The number of hydrogen-bond donors (Lipinski definition) is 0. The second-order valence-electron chi connectivity index (χ2n) is 5.58. The lowest BCUT2D eigenvalue weighted by Gasteiger charge is -2.34. The number of benzene rings is 1. The van der Waals surface area contributed by atoms with Gasteiger partial charge in [0.1, 0.15) is 0 Å². The minimum Gasteiger partial charge on any atom is -0.148 e. The first-order chi connectivity index (χ1) is 8.89. The highest BCUT2D eigenvalue weighted by Gasteiger charge is 2.38. The molecule has 0 unspecified atom stereocenters. The molecule has 2 heteroatoms. The molecule has 2 fully saturated rings. The predicted molar refractivity (Wildman–Crippen MR) is 84.5 cm³/mol. The van der Waals surface area contributed by atoms with Crippen molar-refractivity contribution in [1.29, 1.82) is 0 Å². The molecule has 1 heterocycles. The third-order valence-corrected chi connectivity index (χ3v) is 7.34. The van der Waals surface area contributed by atoms with Gasteiger partial charge in [0.15, 0.2) is 0 Å². The molecule has 2 aliphatic rings. The Labute approximate surface area is 119 Å². The lowest BCUT2D eigenvalue weighted by atomic mass is 9.76. The largest absolute Gasteiger partial charge is 0.148 e. The van der Waals surface area contributed by atoms with Crippen molar-refractivity contribution in [1.82, 2.24) is 0 Å². The van der Waals surface area contributed by atoms with Crippen molar-refractivity contribution in [3.63, 3.8) is 0 Å². The Bertz CT molecular complexity index is 362. The molecular weight excluding hydrogens is 256 g/mol. The first kappa shape index (κ1) is 12.9. The maximum atomic E-state index is 2.36. The fraction of sp³-hybridized carbons (Fsp3) is 0.625. The van der Waals surface area contributed by atoms with Gasteiger partial charge < -0.3 is 0 Å². The standard InChI is InChI=1S/C16H22S2/c1-2-7-14(8-3-1)16(9-4-5-10-16)13-15-17-11-6-12-18-15/h1-3,7-8,15H,4-6,9-13H2. The van der Waals surface area contributed by atoms with E-state index >= 15 is 0 Å². The van der Waals surface area contributed by atoms with E-state index in [1.54, 1.807) is 5.56 Å². The highest BCUT2D eigenvalue weighted by Crippen LogP contribution is 2.49. The van der Waals surface area contributed by atoms with Gasteiger partial charge >= 0.3 is 0 Å². The van der Waals surface area contributed by atoms with Crippen LogP contribution in [-0.4, -0.2) is 16.1 Å². The van der Waals surface area contributed by atoms with Crippen molar-refractivity contribution in [3.8, 4) is 0 Å². The first-order valence-corrected chi connectivity index (χ1v) is 9.28. The summed E-state index contributed by atoms with van der Waals surface area (Å²) >= 11 is 4.41. The molecule has 1 saturated heterocycles. The van der Waals surface area contributed by atoms with E-state index in [1.807, 2.05) is 0 Å². The maximum absolute atomic E-state index is 2.36. The molecule has 1 aromatic rings. The summed E-state index contributed by atoms with van der Waals surface area (Å²) in [6.07, 6.45) is 8.48. The van der Waals surface area contributed by atoms with E-state index in [1.165, 1.54) is 50.0 Å². The lowest BCUT2D eigenvalue weighted by Crippen LogP contribution is -2.27. The van der Waals surface area contributed by atoms with Gasteiger partial charge in [0.2, 0.25) is 0 Å². The first-order valence-electron chi connectivity index (χ1n) is 7.18. The Morgan fingerprint density at radius 2 is 1.61 bits per heavy atom. The highest BCUT2D eigenvalue weighted by atomic mass is 32.2. The van der Waals surface area contributed by atoms with Gasteiger partial charge in [-0.2, -0.15) is 0 Å². The fourth-order valence-electron chi connectivity index (χ4n) is 3.43. The zero-order chi connectivity index (χ0) is 12.3. The van der Waals surface area contributed by atoms with Crippen LogP contribution in [0, 0.1) is 0 Å². The summed E-state index contributed by atoms with van der Waals surface area (Å²) < 4.78 is 0.844. The number of hydrogen-bond acceptors (Lipinski definition) is 2. The molecule has 18 heavy (non-hydrogen) atoms. The van der Waals surface area contributed by atoms with Crippen LogP contribution in [0.2, 0.25) is 0 Å². The molecule has 0 spiro atoms. The second-order valence-corrected chi connectivity index (χ2v) is 8.50. The molecule has 0 bridgehead atoms. The third kappa shape index (κ3) is 2.75. The van der Waals surface area contributed by atoms with Gasteiger partial charge in [-0.1, -0.05) is 43.2 Å². The lowest BCUT2D eigenvalue weighted by molar-refractivity contribution is 0.422. The topological polar surface area (TPSA) is 0 Å². The normalized spacial score (nSPS) is 24.2. The molecule has 0 atom stereocenters. The van der Waals surface area contributed by atoms with Crippen LogP contribution in [0.3, 0.4) is 0 Å². The van der Waals surface area contributed by atoms with E-state index in [-0.39, 0.29) is 0 Å². The fourth-order valence-corrected chi connectivity index (χ4v) is 6.59. The molecule has 3 rings (SSSR count). The van der Waals surface area contributed by atoms with E-state index < -0.39 is 0 Å². The van der Waals surface area contributed by atoms with Crippen LogP contribution in [0.5, 0.6) is 0 Å². The Morgan fingerprint density at radius 3 is 2.28 bits per heavy atom. The van der Waals surface area contributed by atoms with Crippen LogP contribution >= 0.6 is 23.5 Å². The van der Waals surface area contributed by atoms with Gasteiger partial charge in [-0.25, -0.2) is 0 Å². The summed E-state index contributed by atoms with van der Waals surface area (Å²) in [6, 6.07) is 11.3. The van der Waals surface area contributed by atoms with Crippen molar-refractivity contribution in [2.75, 3.05) is 11.5 Å². The molecule has 0 radical (unpaired) electrons. The van der Waals surface area contributed by atoms with Crippen LogP contribution < -0.4 is 0 Å². The van der Waals surface area contributed by atoms with Gasteiger partial charge in [0.25, 0.3) is 0 Å². The quantitative estimate of drug-likeness (QED) is 0.756. The molecule has 1 saturated carbocycles. The summed E-state index contributed by atoms with van der Waals surface area (Å²) in [4.78, 5) is 0. The SMILES string of the molecule is c1ccc(C2(CC3SCCCS3)CCCC2)cc1. The van der Waals surface area contributed by atoms with E-state index in [2.05, 4.69) is 53.9 Å². The predicted octanol–water partition coefficient (Wildman–Crippen LogP) is 5.08. The van der Waals surface area contributed by atoms with Crippen LogP contribution in [0.4, 0.5) is 0 Å². The van der Waals surface area contributed by atoms with Gasteiger partial charge in [-0.3, -0.25) is 0 Å². The van der Waals surface area contributed by atoms with Gasteiger partial charge in [0, 0.05) is 0 Å². The molecule has 1 aliphatic heterocycles. The minimum absolute atomic E-state index is 0.503. The maximum Gasteiger partial charge on any atom is 0.0511 e. The summed E-state index contributed by atoms with van der Waals surface area (Å²) in [6.45, 7) is 0. The zero-order valence-electron chi connectivity index (χ0n) is 10.9. The van der Waals surface area contributed by atoms with Crippen LogP contribution in [0.25, 0.3) is 0 Å². The average Bonchev–Trinajstić information content (AvgIpc) is 2.91. The van der Waals surface area contributed by atoms with Crippen molar-refractivity contribution in [2.45, 2.75) is 48.5 Å². The van der Waals surface area contributed by atoms with Crippen molar-refractivity contribution >= 4 is 23.5 Å². The Kier molecular flexibility index (Phi) is 4.25. The smallest absolute Gasteiger partial charge is 0.0511 e. The zero-order valence-corrected chi connectivity index (χ0v) is 12.6.